The van der Waals surface area contributed by atoms with E-state index in [1.54, 1.807) is 0 Å². The van der Waals surface area contributed by atoms with E-state index in [2.05, 4.69) is 68.7 Å². The Labute approximate surface area is 116 Å². The van der Waals surface area contributed by atoms with Crippen LogP contribution in [0, 0.1) is 5.41 Å². The Kier molecular flexibility index (Phi) is 4.23. The lowest BCUT2D eigenvalue weighted by Gasteiger charge is -2.23. The zero-order valence-corrected chi connectivity index (χ0v) is 12.1. The molecule has 102 valence electrons. The molecule has 19 heavy (non-hydrogen) atoms. The molecule has 2 aromatic rings. The monoisotopic (exact) mass is 256 g/mol. The summed E-state index contributed by atoms with van der Waals surface area (Å²) in [6, 6.07) is 15.2. The topological polar surface area (TPSA) is 38.0 Å². The summed E-state index contributed by atoms with van der Waals surface area (Å²) in [5.41, 5.74) is 4.56. The average molecular weight is 256 g/mol. The van der Waals surface area contributed by atoms with Crippen LogP contribution in [-0.4, -0.2) is 0 Å². The minimum atomic E-state index is 0.226. The van der Waals surface area contributed by atoms with E-state index in [1.165, 1.54) is 16.3 Å². The zero-order valence-electron chi connectivity index (χ0n) is 12.1. The van der Waals surface area contributed by atoms with E-state index in [4.69, 9.17) is 5.84 Å². The molecular weight excluding hydrogens is 232 g/mol. The Balaban J connectivity index is 2.20. The van der Waals surface area contributed by atoms with E-state index in [0.29, 0.717) is 5.41 Å². The van der Waals surface area contributed by atoms with Crippen molar-refractivity contribution in [2.45, 2.75) is 39.7 Å². The predicted molar refractivity (Wildman–Crippen MR) is 82.7 cm³/mol. The van der Waals surface area contributed by atoms with Gasteiger partial charge in [-0.1, -0.05) is 57.2 Å². The Bertz CT molecular complexity index is 540. The summed E-state index contributed by atoms with van der Waals surface area (Å²) in [7, 11) is 0. The van der Waals surface area contributed by atoms with Crippen molar-refractivity contribution < 1.29 is 0 Å². The van der Waals surface area contributed by atoms with Crippen LogP contribution in [0.3, 0.4) is 0 Å². The van der Waals surface area contributed by atoms with Gasteiger partial charge in [-0.15, -0.1) is 0 Å². The number of hydrazine groups is 1. The number of fused-ring (bicyclic) bond motifs is 1. The SMILES string of the molecule is CC(C)(C)CCC(NN)c1ccc2ccccc2c1. The average Bonchev–Trinajstić information content (AvgIpc) is 2.38. The van der Waals surface area contributed by atoms with Gasteiger partial charge in [-0.3, -0.25) is 11.3 Å². The minimum absolute atomic E-state index is 0.226. The molecule has 0 heterocycles. The second kappa shape index (κ2) is 5.72. The van der Waals surface area contributed by atoms with Gasteiger partial charge in [0.25, 0.3) is 0 Å². The predicted octanol–water partition coefficient (Wildman–Crippen LogP) is 4.17. The number of rotatable bonds is 4. The maximum atomic E-state index is 5.73. The van der Waals surface area contributed by atoms with Gasteiger partial charge in [-0.25, -0.2) is 0 Å². The van der Waals surface area contributed by atoms with Gasteiger partial charge >= 0.3 is 0 Å². The van der Waals surface area contributed by atoms with Crippen LogP contribution in [0.4, 0.5) is 0 Å². The lowest BCUT2D eigenvalue weighted by atomic mass is 9.87. The molecule has 0 aliphatic heterocycles. The standard InChI is InChI=1S/C17H24N2/c1-17(2,3)11-10-16(19-18)15-9-8-13-6-4-5-7-14(13)12-15/h4-9,12,16,19H,10-11,18H2,1-3H3. The molecule has 0 fully saturated rings. The molecule has 0 bridgehead atoms. The first-order chi connectivity index (χ1) is 8.99. The number of hydrogen-bond acceptors (Lipinski definition) is 2. The molecule has 2 heteroatoms. The minimum Gasteiger partial charge on any atom is -0.271 e. The molecule has 2 aromatic carbocycles. The van der Waals surface area contributed by atoms with Crippen LogP contribution >= 0.6 is 0 Å². The van der Waals surface area contributed by atoms with Crippen molar-refractivity contribution in [3.63, 3.8) is 0 Å². The first kappa shape index (κ1) is 14.0. The molecule has 0 aromatic heterocycles. The molecular formula is C17H24N2. The quantitative estimate of drug-likeness (QED) is 0.636. The second-order valence-electron chi connectivity index (χ2n) is 6.43. The highest BCUT2D eigenvalue weighted by atomic mass is 15.2. The highest BCUT2D eigenvalue weighted by Crippen LogP contribution is 2.28. The summed E-state index contributed by atoms with van der Waals surface area (Å²) in [4.78, 5) is 0. The number of benzene rings is 2. The van der Waals surface area contributed by atoms with Crippen LogP contribution in [0.5, 0.6) is 0 Å². The number of nitrogens with one attached hydrogen (secondary N) is 1. The molecule has 0 radical (unpaired) electrons. The van der Waals surface area contributed by atoms with Gasteiger partial charge in [0.15, 0.2) is 0 Å². The molecule has 2 rings (SSSR count). The fraction of sp³-hybridized carbons (Fsp3) is 0.412. The summed E-state index contributed by atoms with van der Waals surface area (Å²) < 4.78 is 0. The van der Waals surface area contributed by atoms with Crippen LogP contribution in [0.15, 0.2) is 42.5 Å². The van der Waals surface area contributed by atoms with Gasteiger partial charge in [-0.05, 0) is 40.7 Å². The van der Waals surface area contributed by atoms with Crippen LogP contribution < -0.4 is 11.3 Å². The molecule has 0 saturated heterocycles. The first-order valence-corrected chi connectivity index (χ1v) is 6.94. The van der Waals surface area contributed by atoms with Crippen molar-refractivity contribution in [1.29, 1.82) is 0 Å². The molecule has 0 aliphatic rings. The van der Waals surface area contributed by atoms with E-state index in [1.807, 2.05) is 0 Å². The highest BCUT2D eigenvalue weighted by molar-refractivity contribution is 5.83. The van der Waals surface area contributed by atoms with Gasteiger partial charge in [0.2, 0.25) is 0 Å². The van der Waals surface area contributed by atoms with Gasteiger partial charge in [0.05, 0.1) is 0 Å². The normalized spacial score (nSPS) is 13.7. The molecule has 0 amide bonds. The van der Waals surface area contributed by atoms with Gasteiger partial charge in [0.1, 0.15) is 0 Å². The second-order valence-corrected chi connectivity index (χ2v) is 6.43. The first-order valence-electron chi connectivity index (χ1n) is 6.94. The van der Waals surface area contributed by atoms with Gasteiger partial charge in [-0.2, -0.15) is 0 Å². The third kappa shape index (κ3) is 3.79. The maximum Gasteiger partial charge on any atom is 0.0460 e. The van der Waals surface area contributed by atoms with Crippen LogP contribution in [0.2, 0.25) is 0 Å². The van der Waals surface area contributed by atoms with Crippen molar-refractivity contribution in [3.05, 3.63) is 48.0 Å². The molecule has 0 saturated carbocycles. The van der Waals surface area contributed by atoms with Crippen molar-refractivity contribution in [2.75, 3.05) is 0 Å². The van der Waals surface area contributed by atoms with Crippen molar-refractivity contribution in [3.8, 4) is 0 Å². The summed E-state index contributed by atoms with van der Waals surface area (Å²) in [5, 5.41) is 2.55. The van der Waals surface area contributed by atoms with E-state index in [0.717, 1.165) is 12.8 Å². The van der Waals surface area contributed by atoms with Crippen molar-refractivity contribution >= 4 is 10.8 Å². The fourth-order valence-corrected chi connectivity index (χ4v) is 2.35. The molecule has 1 unspecified atom stereocenters. The summed E-state index contributed by atoms with van der Waals surface area (Å²) in [6.45, 7) is 6.79. The third-order valence-electron chi connectivity index (χ3n) is 3.56. The lowest BCUT2D eigenvalue weighted by Crippen LogP contribution is -2.28. The molecule has 2 nitrogen and oxygen atoms in total. The Morgan fingerprint density at radius 2 is 1.74 bits per heavy atom. The largest absolute Gasteiger partial charge is 0.271 e. The molecule has 3 N–H and O–H groups in total. The molecule has 0 aliphatic carbocycles. The van der Waals surface area contributed by atoms with Crippen LogP contribution in [-0.2, 0) is 0 Å². The highest BCUT2D eigenvalue weighted by Gasteiger charge is 2.16. The molecule has 1 atom stereocenters. The Hall–Kier alpha value is -1.38. The van der Waals surface area contributed by atoms with E-state index >= 15 is 0 Å². The van der Waals surface area contributed by atoms with Gasteiger partial charge in [0, 0.05) is 6.04 Å². The Morgan fingerprint density at radius 1 is 1.05 bits per heavy atom. The van der Waals surface area contributed by atoms with E-state index in [9.17, 15) is 0 Å². The van der Waals surface area contributed by atoms with Crippen LogP contribution in [0.1, 0.15) is 45.2 Å². The zero-order chi connectivity index (χ0) is 13.9. The summed E-state index contributed by atoms with van der Waals surface area (Å²) in [6.07, 6.45) is 2.20. The number of hydrogen-bond donors (Lipinski definition) is 2. The summed E-state index contributed by atoms with van der Waals surface area (Å²) >= 11 is 0. The Morgan fingerprint density at radius 3 is 2.37 bits per heavy atom. The van der Waals surface area contributed by atoms with E-state index < -0.39 is 0 Å². The fourth-order valence-electron chi connectivity index (χ4n) is 2.35. The maximum absolute atomic E-state index is 5.73. The molecule has 0 spiro atoms. The van der Waals surface area contributed by atoms with E-state index in [-0.39, 0.29) is 6.04 Å². The van der Waals surface area contributed by atoms with Gasteiger partial charge < -0.3 is 0 Å². The third-order valence-corrected chi connectivity index (χ3v) is 3.56. The lowest BCUT2D eigenvalue weighted by molar-refractivity contribution is 0.333. The summed E-state index contributed by atoms with van der Waals surface area (Å²) in [5.74, 6) is 5.73. The smallest absolute Gasteiger partial charge is 0.0460 e. The van der Waals surface area contributed by atoms with Crippen LogP contribution in [0.25, 0.3) is 10.8 Å². The number of nitrogens with two attached hydrogens (primary N) is 1. The van der Waals surface area contributed by atoms with Crippen molar-refractivity contribution in [2.24, 2.45) is 11.3 Å². The van der Waals surface area contributed by atoms with Crippen molar-refractivity contribution in [1.82, 2.24) is 5.43 Å².